The lowest BCUT2D eigenvalue weighted by Crippen LogP contribution is -2.24. The van der Waals surface area contributed by atoms with E-state index in [0.29, 0.717) is 28.5 Å². The number of pyridine rings is 4. The van der Waals surface area contributed by atoms with Crippen molar-refractivity contribution in [1.29, 1.82) is 0 Å². The van der Waals surface area contributed by atoms with Crippen molar-refractivity contribution < 1.29 is 48.0 Å². The van der Waals surface area contributed by atoms with Crippen LogP contribution in [-0.2, 0) is 43.5 Å². The van der Waals surface area contributed by atoms with Crippen molar-refractivity contribution in [2.45, 2.75) is 132 Å². The van der Waals surface area contributed by atoms with Crippen molar-refractivity contribution in [3.8, 4) is 22.8 Å². The first kappa shape index (κ1) is 45.1. The van der Waals surface area contributed by atoms with Gasteiger partial charge in [0, 0.05) is 5.69 Å². The number of nitrogens with zero attached hydrogens (tertiary/aromatic N) is 4. The molecule has 0 aliphatic carbocycles. The summed E-state index contributed by atoms with van der Waals surface area (Å²) in [6, 6.07) is 12.1. The van der Waals surface area contributed by atoms with Crippen LogP contribution in [0.2, 0.25) is 0 Å². The van der Waals surface area contributed by atoms with Crippen molar-refractivity contribution in [3.63, 3.8) is 0 Å². The Labute approximate surface area is 339 Å². The van der Waals surface area contributed by atoms with E-state index in [4.69, 9.17) is 33.7 Å². The molecule has 0 saturated carbocycles. The molecule has 0 bridgehead atoms. The fourth-order valence-electron chi connectivity index (χ4n) is 5.27. The second-order valence-electron chi connectivity index (χ2n) is 17.7. The summed E-state index contributed by atoms with van der Waals surface area (Å²) in [7, 11) is 0. The number of carbonyl (C=O) groups excluding carboxylic acids is 4. The highest BCUT2D eigenvalue weighted by atomic mass is 16.6. The Morgan fingerprint density at radius 2 is 0.724 bits per heavy atom. The quantitative estimate of drug-likeness (QED) is 0.114. The van der Waals surface area contributed by atoms with Gasteiger partial charge in [0.05, 0.1) is 81.9 Å². The molecule has 0 saturated heterocycles. The Bertz CT molecular complexity index is 2190. The van der Waals surface area contributed by atoms with Gasteiger partial charge >= 0.3 is 23.9 Å². The number of hydrogen-bond donors (Lipinski definition) is 1. The first-order valence-corrected chi connectivity index (χ1v) is 18.8. The van der Waals surface area contributed by atoms with Gasteiger partial charge in [0.2, 0.25) is 0 Å². The van der Waals surface area contributed by atoms with Crippen LogP contribution >= 0.6 is 0 Å². The summed E-state index contributed by atoms with van der Waals surface area (Å²) >= 11 is 0. The van der Waals surface area contributed by atoms with E-state index in [1.54, 1.807) is 108 Å². The van der Waals surface area contributed by atoms with Gasteiger partial charge in [0.25, 0.3) is 0 Å². The topological polar surface area (TPSA) is 186 Å². The van der Waals surface area contributed by atoms with Crippen LogP contribution in [0.4, 0.5) is 0 Å². The van der Waals surface area contributed by atoms with Gasteiger partial charge in [-0.2, -0.15) is 0 Å². The Morgan fingerprint density at radius 3 is 1.03 bits per heavy atom. The smallest absolute Gasteiger partial charge is 0.338 e. The maximum absolute atomic E-state index is 13.4. The molecular formula is C44H54N4O10. The number of aliphatic hydroxyl groups is 1. The van der Waals surface area contributed by atoms with E-state index in [2.05, 4.69) is 9.97 Å². The van der Waals surface area contributed by atoms with Crippen LogP contribution in [-0.4, -0.2) is 71.3 Å². The third-order valence-corrected chi connectivity index (χ3v) is 7.31. The fourth-order valence-corrected chi connectivity index (χ4v) is 5.27. The van der Waals surface area contributed by atoms with Gasteiger partial charge in [-0.3, -0.25) is 4.98 Å². The van der Waals surface area contributed by atoms with Crippen molar-refractivity contribution in [3.05, 3.63) is 93.6 Å². The van der Waals surface area contributed by atoms with Crippen molar-refractivity contribution in [2.24, 2.45) is 0 Å². The maximum Gasteiger partial charge on any atom is 0.338 e. The Morgan fingerprint density at radius 1 is 0.448 bits per heavy atom. The molecule has 0 fully saturated rings. The summed E-state index contributed by atoms with van der Waals surface area (Å²) in [5.74, 6) is -2.39. The minimum Gasteiger partial charge on any atom is -0.456 e. The van der Waals surface area contributed by atoms with Crippen molar-refractivity contribution >= 4 is 23.9 Å². The van der Waals surface area contributed by atoms with Gasteiger partial charge in [0.15, 0.2) is 0 Å². The van der Waals surface area contributed by atoms with Crippen LogP contribution in [0.25, 0.3) is 22.8 Å². The summed E-state index contributed by atoms with van der Waals surface area (Å²) in [5.41, 5.74) is 0.0284. The monoisotopic (exact) mass is 798 g/mol. The molecule has 310 valence electrons. The molecule has 58 heavy (non-hydrogen) atoms. The molecule has 14 nitrogen and oxygen atoms in total. The standard InChI is InChI=1S/C44H54N4O10/c1-25-14-26(37(50)55-41(2,3)4)18-33(45-25)34-20-28(39(52)57-43(8,9)10)16-31(47-34)23-54-24-32-17-29(40(53)58-44(11,12)13)21-36(48-32)35-19-27(15-30(22-49)46-35)38(51)56-42(5,6)7/h14-21,49H,22-24H2,1-13H3. The van der Waals surface area contributed by atoms with Crippen LogP contribution in [0.3, 0.4) is 0 Å². The zero-order chi connectivity index (χ0) is 43.4. The normalized spacial score (nSPS) is 12.2. The molecule has 0 spiro atoms. The van der Waals surface area contributed by atoms with Gasteiger partial charge in [-0.25, -0.2) is 34.1 Å². The minimum atomic E-state index is -0.807. The number of hydrogen-bond acceptors (Lipinski definition) is 14. The molecule has 4 aromatic heterocycles. The summed E-state index contributed by atoms with van der Waals surface area (Å²) < 4.78 is 28.6. The molecule has 0 aromatic carbocycles. The van der Waals surface area contributed by atoms with Gasteiger partial charge < -0.3 is 28.8 Å². The number of aliphatic hydroxyl groups excluding tert-OH is 1. The number of ether oxygens (including phenoxy) is 5. The highest BCUT2D eigenvalue weighted by Crippen LogP contribution is 2.26. The predicted octanol–water partition coefficient (Wildman–Crippen LogP) is 7.94. The van der Waals surface area contributed by atoms with Crippen molar-refractivity contribution in [1.82, 2.24) is 19.9 Å². The number of aryl methyl sites for hydroxylation is 1. The molecule has 4 rings (SSSR count). The van der Waals surface area contributed by atoms with E-state index in [1.807, 2.05) is 0 Å². The van der Waals surface area contributed by atoms with Gasteiger partial charge in [-0.1, -0.05) is 0 Å². The number of esters is 4. The average molecular weight is 799 g/mol. The van der Waals surface area contributed by atoms with E-state index < -0.39 is 52.9 Å². The summed E-state index contributed by atoms with van der Waals surface area (Å²) in [6.45, 7) is 22.1. The maximum atomic E-state index is 13.4. The van der Waals surface area contributed by atoms with Crippen LogP contribution < -0.4 is 0 Å². The lowest BCUT2D eigenvalue weighted by atomic mass is 10.1. The number of aromatic nitrogens is 4. The highest BCUT2D eigenvalue weighted by molar-refractivity contribution is 5.94. The molecule has 1 N–H and O–H groups in total. The molecule has 0 unspecified atom stereocenters. The Balaban J connectivity index is 1.74. The highest BCUT2D eigenvalue weighted by Gasteiger charge is 2.25. The molecule has 0 aliphatic rings. The summed E-state index contributed by atoms with van der Waals surface area (Å²) in [4.78, 5) is 71.3. The minimum absolute atomic E-state index is 0.122. The molecule has 0 atom stereocenters. The van der Waals surface area contributed by atoms with Crippen LogP contribution in [0, 0.1) is 6.92 Å². The molecule has 4 aromatic rings. The van der Waals surface area contributed by atoms with Gasteiger partial charge in [-0.05, 0) is 139 Å². The van der Waals surface area contributed by atoms with Gasteiger partial charge in [0.1, 0.15) is 22.4 Å². The van der Waals surface area contributed by atoms with Crippen LogP contribution in [0.15, 0.2) is 48.5 Å². The number of carbonyl (C=O) groups is 4. The molecule has 14 heteroatoms. The zero-order valence-electron chi connectivity index (χ0n) is 35.7. The molecule has 4 heterocycles. The lowest BCUT2D eigenvalue weighted by Gasteiger charge is -2.20. The van der Waals surface area contributed by atoms with Crippen LogP contribution in [0.5, 0.6) is 0 Å². The molecule has 0 aliphatic heterocycles. The third kappa shape index (κ3) is 13.8. The predicted molar refractivity (Wildman–Crippen MR) is 215 cm³/mol. The van der Waals surface area contributed by atoms with E-state index in [1.165, 1.54) is 30.3 Å². The Hall–Kier alpha value is -5.60. The molecular weight excluding hydrogens is 745 g/mol. The van der Waals surface area contributed by atoms with Gasteiger partial charge in [-0.15, -0.1) is 0 Å². The van der Waals surface area contributed by atoms with E-state index in [-0.39, 0.29) is 52.5 Å². The van der Waals surface area contributed by atoms with E-state index >= 15 is 0 Å². The SMILES string of the molecule is Cc1cc(C(=O)OC(C)(C)C)cc(-c2cc(C(=O)OC(C)(C)C)cc(COCc3cc(C(=O)OC(C)(C)C)cc(-c4cc(C(=O)OC(C)(C)C)cc(CO)n4)n3)n2)n1. The summed E-state index contributed by atoms with van der Waals surface area (Å²) in [6.07, 6.45) is 0. The lowest BCUT2D eigenvalue weighted by molar-refractivity contribution is 0.00561. The summed E-state index contributed by atoms with van der Waals surface area (Å²) in [5, 5.41) is 10.0. The van der Waals surface area contributed by atoms with Crippen molar-refractivity contribution in [2.75, 3.05) is 0 Å². The first-order valence-electron chi connectivity index (χ1n) is 18.8. The molecule has 0 radical (unpaired) electrons. The zero-order valence-corrected chi connectivity index (χ0v) is 35.7. The average Bonchev–Trinajstić information content (AvgIpc) is 3.08. The molecule has 0 amide bonds. The fraction of sp³-hybridized carbons (Fsp3) is 0.455. The second-order valence-corrected chi connectivity index (χ2v) is 17.7. The third-order valence-electron chi connectivity index (χ3n) is 7.31. The van der Waals surface area contributed by atoms with E-state index in [9.17, 15) is 24.3 Å². The number of rotatable bonds is 11. The largest absolute Gasteiger partial charge is 0.456 e. The second kappa shape index (κ2) is 17.5. The van der Waals surface area contributed by atoms with Crippen LogP contribution in [0.1, 0.15) is 147 Å². The Kier molecular flexibility index (Phi) is 13.6. The first-order chi connectivity index (χ1) is 26.7. The van der Waals surface area contributed by atoms with E-state index in [0.717, 1.165) is 0 Å².